The Morgan fingerprint density at radius 2 is 1.81 bits per heavy atom. The van der Waals surface area contributed by atoms with Crippen molar-refractivity contribution in [3.63, 3.8) is 0 Å². The fraction of sp³-hybridized carbons (Fsp3) is 0.529. The fourth-order valence-electron chi connectivity index (χ4n) is 3.17. The van der Waals surface area contributed by atoms with Gasteiger partial charge >= 0.3 is 6.09 Å². The quantitative estimate of drug-likeness (QED) is 0.659. The number of para-hydroxylation sites is 1. The summed E-state index contributed by atoms with van der Waals surface area (Å²) in [6.07, 6.45) is 0.629. The second-order valence-electron chi connectivity index (χ2n) is 6.28. The minimum Gasteiger partial charge on any atom is -0.494 e. The summed E-state index contributed by atoms with van der Waals surface area (Å²) in [7, 11) is -3.38. The molecule has 142 valence electrons. The largest absolute Gasteiger partial charge is 0.494 e. The topological polar surface area (TPSA) is 93.2 Å². The summed E-state index contributed by atoms with van der Waals surface area (Å²) in [6, 6.07) is 8.96. The maximum absolute atomic E-state index is 12.5. The number of nitrogens with zero attached hydrogens (tertiary/aromatic N) is 2. The molecule has 2 amide bonds. The molecule has 0 aromatic heterocycles. The standard InChI is InChI=1S/C17H22N2O6S/c20-16-13-25-17(21)19(16)14-7-9-18(10-8-14)26(22,23)12-4-11-24-15-5-2-1-3-6-15/h1-3,5-6,14H,4,7-13H2. The van der Waals surface area contributed by atoms with Gasteiger partial charge in [0.25, 0.3) is 5.91 Å². The van der Waals surface area contributed by atoms with Crippen molar-refractivity contribution in [2.75, 3.05) is 32.1 Å². The first-order valence-electron chi connectivity index (χ1n) is 8.62. The van der Waals surface area contributed by atoms with Crippen LogP contribution in [0.2, 0.25) is 0 Å². The lowest BCUT2D eigenvalue weighted by atomic mass is 10.1. The minimum atomic E-state index is -3.38. The van der Waals surface area contributed by atoms with Gasteiger partial charge in [-0.05, 0) is 31.4 Å². The van der Waals surface area contributed by atoms with Gasteiger partial charge in [0.05, 0.1) is 12.4 Å². The van der Waals surface area contributed by atoms with Crippen LogP contribution in [-0.2, 0) is 19.6 Å². The first kappa shape index (κ1) is 18.7. The van der Waals surface area contributed by atoms with E-state index in [1.54, 1.807) is 0 Å². The van der Waals surface area contributed by atoms with Gasteiger partial charge in [-0.15, -0.1) is 0 Å². The van der Waals surface area contributed by atoms with E-state index in [0.717, 1.165) is 4.90 Å². The molecule has 0 bridgehead atoms. The van der Waals surface area contributed by atoms with E-state index in [2.05, 4.69) is 0 Å². The lowest BCUT2D eigenvalue weighted by Crippen LogP contribution is -2.48. The van der Waals surface area contributed by atoms with Gasteiger partial charge in [0.15, 0.2) is 6.61 Å². The molecule has 2 saturated heterocycles. The van der Waals surface area contributed by atoms with Crippen LogP contribution in [-0.4, -0.2) is 67.7 Å². The molecule has 0 aliphatic carbocycles. The van der Waals surface area contributed by atoms with Crippen molar-refractivity contribution in [3.05, 3.63) is 30.3 Å². The van der Waals surface area contributed by atoms with Crippen LogP contribution in [0.15, 0.2) is 30.3 Å². The zero-order valence-electron chi connectivity index (χ0n) is 14.4. The van der Waals surface area contributed by atoms with Gasteiger partial charge in [-0.1, -0.05) is 18.2 Å². The van der Waals surface area contributed by atoms with Crippen LogP contribution in [0.4, 0.5) is 4.79 Å². The molecule has 2 aliphatic rings. The Morgan fingerprint density at radius 3 is 2.42 bits per heavy atom. The molecule has 1 aromatic carbocycles. The summed E-state index contributed by atoms with van der Waals surface area (Å²) in [5.74, 6) is 0.372. The predicted molar refractivity (Wildman–Crippen MR) is 93.1 cm³/mol. The van der Waals surface area contributed by atoms with E-state index in [-0.39, 0.29) is 24.3 Å². The van der Waals surface area contributed by atoms with Crippen molar-refractivity contribution < 1.29 is 27.5 Å². The molecule has 2 fully saturated rings. The first-order chi connectivity index (χ1) is 12.5. The Kier molecular flexibility index (Phi) is 5.77. The zero-order valence-corrected chi connectivity index (χ0v) is 15.2. The van der Waals surface area contributed by atoms with E-state index in [4.69, 9.17) is 9.47 Å². The van der Waals surface area contributed by atoms with E-state index in [0.29, 0.717) is 44.7 Å². The number of piperidine rings is 1. The van der Waals surface area contributed by atoms with Crippen LogP contribution in [0.3, 0.4) is 0 Å². The van der Waals surface area contributed by atoms with Crippen LogP contribution in [0.5, 0.6) is 5.75 Å². The third-order valence-electron chi connectivity index (χ3n) is 4.53. The van der Waals surface area contributed by atoms with Gasteiger partial charge in [-0.2, -0.15) is 0 Å². The smallest absolute Gasteiger partial charge is 0.417 e. The molecule has 26 heavy (non-hydrogen) atoms. The number of rotatable bonds is 7. The number of sulfonamides is 1. The van der Waals surface area contributed by atoms with Gasteiger partial charge in [-0.25, -0.2) is 22.4 Å². The number of carbonyl (C=O) groups is 2. The summed E-state index contributed by atoms with van der Waals surface area (Å²) in [5, 5.41) is 0. The fourth-order valence-corrected chi connectivity index (χ4v) is 4.68. The third-order valence-corrected chi connectivity index (χ3v) is 6.48. The third kappa shape index (κ3) is 4.34. The van der Waals surface area contributed by atoms with Gasteiger partial charge in [0.1, 0.15) is 5.75 Å². The number of imide groups is 1. The molecule has 9 heteroatoms. The lowest BCUT2D eigenvalue weighted by molar-refractivity contribution is -0.127. The summed E-state index contributed by atoms with van der Waals surface area (Å²) in [4.78, 5) is 24.4. The molecule has 0 N–H and O–H groups in total. The number of cyclic esters (lactones) is 1. The van der Waals surface area contributed by atoms with E-state index < -0.39 is 16.1 Å². The Labute approximate surface area is 152 Å². The zero-order chi connectivity index (χ0) is 18.6. The highest BCUT2D eigenvalue weighted by Gasteiger charge is 2.39. The van der Waals surface area contributed by atoms with E-state index in [1.165, 1.54) is 4.31 Å². The summed E-state index contributed by atoms with van der Waals surface area (Å²) >= 11 is 0. The highest BCUT2D eigenvalue weighted by Crippen LogP contribution is 2.22. The molecule has 3 rings (SSSR count). The maximum Gasteiger partial charge on any atom is 0.417 e. The lowest BCUT2D eigenvalue weighted by Gasteiger charge is -2.34. The Balaban J connectivity index is 1.44. The van der Waals surface area contributed by atoms with Crippen LogP contribution >= 0.6 is 0 Å². The Bertz CT molecular complexity index is 728. The summed E-state index contributed by atoms with van der Waals surface area (Å²) in [5.41, 5.74) is 0. The van der Waals surface area contributed by atoms with Crippen LogP contribution < -0.4 is 4.74 Å². The monoisotopic (exact) mass is 382 g/mol. The number of ether oxygens (including phenoxy) is 2. The van der Waals surface area contributed by atoms with E-state index in [1.807, 2.05) is 30.3 Å². The molecule has 0 atom stereocenters. The number of benzene rings is 1. The molecule has 0 saturated carbocycles. The summed E-state index contributed by atoms with van der Waals surface area (Å²) < 4.78 is 36.6. The SMILES string of the molecule is O=C1COC(=O)N1C1CCN(S(=O)(=O)CCCOc2ccccc2)CC1. The average molecular weight is 382 g/mol. The van der Waals surface area contributed by atoms with Crippen molar-refractivity contribution in [1.29, 1.82) is 0 Å². The van der Waals surface area contributed by atoms with Gasteiger partial charge in [0, 0.05) is 19.1 Å². The van der Waals surface area contributed by atoms with Crippen LogP contribution in [0.25, 0.3) is 0 Å². The minimum absolute atomic E-state index is 0.00911. The van der Waals surface area contributed by atoms with Crippen molar-refractivity contribution in [2.24, 2.45) is 0 Å². The molecular formula is C17H22N2O6S. The second-order valence-corrected chi connectivity index (χ2v) is 8.37. The van der Waals surface area contributed by atoms with Gasteiger partial charge < -0.3 is 9.47 Å². The number of hydrogen-bond acceptors (Lipinski definition) is 6. The second kappa shape index (κ2) is 8.05. The molecule has 1 aromatic rings. The predicted octanol–water partition coefficient (Wildman–Crippen LogP) is 1.23. The van der Waals surface area contributed by atoms with Crippen LogP contribution in [0, 0.1) is 0 Å². The maximum atomic E-state index is 12.5. The van der Waals surface area contributed by atoms with E-state index >= 15 is 0 Å². The molecule has 2 heterocycles. The number of carbonyl (C=O) groups excluding carboxylic acids is 2. The highest BCUT2D eigenvalue weighted by molar-refractivity contribution is 7.89. The number of amides is 2. The van der Waals surface area contributed by atoms with Crippen molar-refractivity contribution in [2.45, 2.75) is 25.3 Å². The summed E-state index contributed by atoms with van der Waals surface area (Å²) in [6.45, 7) is 0.694. The average Bonchev–Trinajstić information content (AvgIpc) is 2.98. The molecule has 0 radical (unpaired) electrons. The molecule has 0 spiro atoms. The van der Waals surface area contributed by atoms with E-state index in [9.17, 15) is 18.0 Å². The molecule has 0 unspecified atom stereocenters. The normalized spacial score (nSPS) is 19.6. The number of hydrogen-bond donors (Lipinski definition) is 0. The molecular weight excluding hydrogens is 360 g/mol. The highest BCUT2D eigenvalue weighted by atomic mass is 32.2. The van der Waals surface area contributed by atoms with Crippen molar-refractivity contribution in [1.82, 2.24) is 9.21 Å². The first-order valence-corrected chi connectivity index (χ1v) is 10.2. The Morgan fingerprint density at radius 1 is 1.12 bits per heavy atom. The van der Waals surface area contributed by atoms with Crippen molar-refractivity contribution >= 4 is 22.0 Å². The molecule has 2 aliphatic heterocycles. The molecule has 8 nitrogen and oxygen atoms in total. The van der Waals surface area contributed by atoms with Crippen molar-refractivity contribution in [3.8, 4) is 5.75 Å². The van der Waals surface area contributed by atoms with Gasteiger partial charge in [0.2, 0.25) is 10.0 Å². The van der Waals surface area contributed by atoms with Gasteiger partial charge in [-0.3, -0.25) is 4.79 Å². The van der Waals surface area contributed by atoms with Crippen LogP contribution in [0.1, 0.15) is 19.3 Å². The Hall–Kier alpha value is -2.13.